The van der Waals surface area contributed by atoms with Crippen LogP contribution in [0.2, 0.25) is 0 Å². The van der Waals surface area contributed by atoms with Gasteiger partial charge in [-0.05, 0) is 43.0 Å². The number of benzene rings is 1. The number of likely N-dealkylation sites (tertiary alicyclic amines) is 1. The van der Waals surface area contributed by atoms with Crippen LogP contribution < -0.4 is 11.1 Å². The third kappa shape index (κ3) is 4.53. The van der Waals surface area contributed by atoms with Crippen molar-refractivity contribution in [2.75, 3.05) is 25.0 Å². The molecule has 21 heavy (non-hydrogen) atoms. The molecule has 1 aromatic rings. The first kappa shape index (κ1) is 16.5. The summed E-state index contributed by atoms with van der Waals surface area (Å²) in [6, 6.07) is 6.15. The smallest absolute Gasteiger partial charge is 0.238 e. The number of hydrogen-bond acceptors (Lipinski definition) is 3. The van der Waals surface area contributed by atoms with Crippen molar-refractivity contribution >= 4 is 27.5 Å². The SMILES string of the molecule is CCC1CN(CC(=O)Nc2ccc(Br)cc2C)CCC1N. The van der Waals surface area contributed by atoms with Crippen LogP contribution in [-0.4, -0.2) is 36.5 Å². The first-order valence-corrected chi connectivity index (χ1v) is 8.32. The van der Waals surface area contributed by atoms with Crippen LogP contribution in [0.4, 0.5) is 5.69 Å². The maximum absolute atomic E-state index is 12.2. The van der Waals surface area contributed by atoms with E-state index in [-0.39, 0.29) is 11.9 Å². The Balaban J connectivity index is 1.90. The summed E-state index contributed by atoms with van der Waals surface area (Å²) < 4.78 is 1.02. The minimum absolute atomic E-state index is 0.0470. The van der Waals surface area contributed by atoms with Gasteiger partial charge in [-0.15, -0.1) is 0 Å². The van der Waals surface area contributed by atoms with Crippen molar-refractivity contribution in [1.29, 1.82) is 0 Å². The maximum Gasteiger partial charge on any atom is 0.238 e. The van der Waals surface area contributed by atoms with Crippen molar-refractivity contribution in [3.05, 3.63) is 28.2 Å². The molecule has 0 radical (unpaired) electrons. The van der Waals surface area contributed by atoms with Gasteiger partial charge in [0.2, 0.25) is 5.91 Å². The number of anilines is 1. The molecular formula is C16H24BrN3O. The van der Waals surface area contributed by atoms with Crippen LogP contribution in [0, 0.1) is 12.8 Å². The lowest BCUT2D eigenvalue weighted by Crippen LogP contribution is -2.48. The Morgan fingerprint density at radius 2 is 2.29 bits per heavy atom. The fourth-order valence-electron chi connectivity index (χ4n) is 2.86. The minimum Gasteiger partial charge on any atom is -0.327 e. The molecule has 2 rings (SSSR count). The number of carbonyl (C=O) groups is 1. The molecule has 2 unspecified atom stereocenters. The van der Waals surface area contributed by atoms with Gasteiger partial charge < -0.3 is 11.1 Å². The van der Waals surface area contributed by atoms with Gasteiger partial charge in [0.1, 0.15) is 0 Å². The van der Waals surface area contributed by atoms with Gasteiger partial charge in [0.15, 0.2) is 0 Å². The van der Waals surface area contributed by atoms with E-state index in [9.17, 15) is 4.79 Å². The van der Waals surface area contributed by atoms with Crippen molar-refractivity contribution in [3.63, 3.8) is 0 Å². The number of piperidine rings is 1. The number of rotatable bonds is 4. The molecule has 0 spiro atoms. The molecule has 1 heterocycles. The second-order valence-electron chi connectivity index (χ2n) is 5.86. The molecule has 0 aliphatic carbocycles. The largest absolute Gasteiger partial charge is 0.327 e. The van der Waals surface area contributed by atoms with E-state index in [1.165, 1.54) is 0 Å². The molecule has 1 fully saturated rings. The Labute approximate surface area is 135 Å². The van der Waals surface area contributed by atoms with E-state index in [4.69, 9.17) is 5.73 Å². The average molecular weight is 354 g/mol. The zero-order valence-electron chi connectivity index (χ0n) is 12.7. The number of nitrogens with one attached hydrogen (secondary N) is 1. The first-order valence-electron chi connectivity index (χ1n) is 7.53. The number of aryl methyl sites for hydroxylation is 1. The molecule has 0 bridgehead atoms. The van der Waals surface area contributed by atoms with Crippen LogP contribution >= 0.6 is 15.9 Å². The molecule has 4 nitrogen and oxygen atoms in total. The van der Waals surface area contributed by atoms with E-state index in [0.717, 1.165) is 41.7 Å². The second-order valence-corrected chi connectivity index (χ2v) is 6.78. The number of amides is 1. The highest BCUT2D eigenvalue weighted by molar-refractivity contribution is 9.10. The fourth-order valence-corrected chi connectivity index (χ4v) is 3.34. The zero-order valence-corrected chi connectivity index (χ0v) is 14.3. The predicted octanol–water partition coefficient (Wildman–Crippen LogP) is 2.76. The van der Waals surface area contributed by atoms with Gasteiger partial charge >= 0.3 is 0 Å². The Hall–Kier alpha value is -0.910. The molecule has 3 N–H and O–H groups in total. The number of halogens is 1. The normalized spacial score (nSPS) is 23.0. The summed E-state index contributed by atoms with van der Waals surface area (Å²) in [6.45, 7) is 6.43. The monoisotopic (exact) mass is 353 g/mol. The highest BCUT2D eigenvalue weighted by atomic mass is 79.9. The van der Waals surface area contributed by atoms with Crippen LogP contribution in [0.1, 0.15) is 25.3 Å². The summed E-state index contributed by atoms with van der Waals surface area (Å²) in [5.41, 5.74) is 8.05. The van der Waals surface area contributed by atoms with E-state index < -0.39 is 0 Å². The summed E-state index contributed by atoms with van der Waals surface area (Å²) in [5.74, 6) is 0.548. The van der Waals surface area contributed by atoms with Crippen LogP contribution in [-0.2, 0) is 4.79 Å². The van der Waals surface area contributed by atoms with Crippen LogP contribution in [0.15, 0.2) is 22.7 Å². The van der Waals surface area contributed by atoms with Gasteiger partial charge in [-0.25, -0.2) is 0 Å². The van der Waals surface area contributed by atoms with Crippen molar-refractivity contribution in [2.45, 2.75) is 32.7 Å². The third-order valence-electron chi connectivity index (χ3n) is 4.23. The van der Waals surface area contributed by atoms with Crippen molar-refractivity contribution in [2.24, 2.45) is 11.7 Å². The van der Waals surface area contributed by atoms with Crippen LogP contribution in [0.3, 0.4) is 0 Å². The van der Waals surface area contributed by atoms with Gasteiger partial charge in [0.05, 0.1) is 6.54 Å². The van der Waals surface area contributed by atoms with Gasteiger partial charge in [-0.2, -0.15) is 0 Å². The Kier molecular flexibility index (Phi) is 5.79. The summed E-state index contributed by atoms with van der Waals surface area (Å²) in [4.78, 5) is 14.4. The number of nitrogens with two attached hydrogens (primary N) is 1. The van der Waals surface area contributed by atoms with Crippen LogP contribution in [0.5, 0.6) is 0 Å². The molecule has 1 aliphatic rings. The van der Waals surface area contributed by atoms with Gasteiger partial charge in [-0.1, -0.05) is 29.3 Å². The second kappa shape index (κ2) is 7.38. The lowest BCUT2D eigenvalue weighted by molar-refractivity contribution is -0.117. The summed E-state index contributed by atoms with van der Waals surface area (Å²) in [7, 11) is 0. The molecule has 1 amide bonds. The molecule has 1 saturated heterocycles. The molecule has 5 heteroatoms. The zero-order chi connectivity index (χ0) is 15.4. The molecule has 1 aliphatic heterocycles. The first-order chi connectivity index (χ1) is 9.99. The Bertz CT molecular complexity index is 506. The number of carbonyl (C=O) groups excluding carboxylic acids is 1. The molecule has 116 valence electrons. The van der Waals surface area contributed by atoms with E-state index in [2.05, 4.69) is 33.1 Å². The van der Waals surface area contributed by atoms with Gasteiger partial charge in [-0.3, -0.25) is 9.69 Å². The highest BCUT2D eigenvalue weighted by Gasteiger charge is 2.26. The summed E-state index contributed by atoms with van der Waals surface area (Å²) in [5, 5.41) is 3.00. The summed E-state index contributed by atoms with van der Waals surface area (Å²) >= 11 is 3.43. The van der Waals surface area contributed by atoms with E-state index in [1.807, 2.05) is 25.1 Å². The van der Waals surface area contributed by atoms with Crippen LogP contribution in [0.25, 0.3) is 0 Å². The third-order valence-corrected chi connectivity index (χ3v) is 4.72. The molecule has 1 aromatic carbocycles. The molecular weight excluding hydrogens is 330 g/mol. The lowest BCUT2D eigenvalue weighted by atomic mass is 9.91. The minimum atomic E-state index is 0.0470. The Morgan fingerprint density at radius 3 is 2.95 bits per heavy atom. The Morgan fingerprint density at radius 1 is 1.52 bits per heavy atom. The predicted molar refractivity (Wildman–Crippen MR) is 90.3 cm³/mol. The fraction of sp³-hybridized carbons (Fsp3) is 0.562. The average Bonchev–Trinajstić information content (AvgIpc) is 2.44. The van der Waals surface area contributed by atoms with Gasteiger partial charge in [0, 0.05) is 29.3 Å². The standard InChI is InChI=1S/C16H24BrN3O/c1-3-12-9-20(7-6-14(12)18)10-16(21)19-15-5-4-13(17)8-11(15)2/h4-5,8,12,14H,3,6-7,9-10,18H2,1-2H3,(H,19,21). The van der Waals surface area contributed by atoms with Crippen molar-refractivity contribution in [3.8, 4) is 0 Å². The van der Waals surface area contributed by atoms with Crippen molar-refractivity contribution in [1.82, 2.24) is 4.90 Å². The summed E-state index contributed by atoms with van der Waals surface area (Å²) in [6.07, 6.45) is 2.05. The van der Waals surface area contributed by atoms with Gasteiger partial charge in [0.25, 0.3) is 0 Å². The van der Waals surface area contributed by atoms with E-state index >= 15 is 0 Å². The molecule has 0 aromatic heterocycles. The van der Waals surface area contributed by atoms with Crippen molar-refractivity contribution < 1.29 is 4.79 Å². The maximum atomic E-state index is 12.2. The quantitative estimate of drug-likeness (QED) is 0.874. The molecule has 2 atom stereocenters. The van der Waals surface area contributed by atoms with E-state index in [0.29, 0.717) is 12.5 Å². The van der Waals surface area contributed by atoms with E-state index in [1.54, 1.807) is 0 Å². The number of hydrogen-bond donors (Lipinski definition) is 2. The lowest BCUT2D eigenvalue weighted by Gasteiger charge is -2.36. The number of nitrogens with zero attached hydrogens (tertiary/aromatic N) is 1. The topological polar surface area (TPSA) is 58.4 Å². The highest BCUT2D eigenvalue weighted by Crippen LogP contribution is 2.21. The molecule has 0 saturated carbocycles.